The number of carboxylic acid groups (broad SMARTS) is 1. The largest absolute Gasteiger partial charge is 0.478 e. The van der Waals surface area contributed by atoms with Crippen LogP contribution in [-0.4, -0.2) is 23.7 Å². The second-order valence-corrected chi connectivity index (χ2v) is 3.02. The summed E-state index contributed by atoms with van der Waals surface area (Å²) >= 11 is 0. The summed E-state index contributed by atoms with van der Waals surface area (Å²) in [6.45, 7) is 1.95. The normalized spacial score (nSPS) is 10.3. The molecule has 0 amide bonds. The summed E-state index contributed by atoms with van der Waals surface area (Å²) in [4.78, 5) is 22.4. The number of rotatable bonds is 4. The Kier molecular flexibility index (Phi) is 4.27. The highest BCUT2D eigenvalue weighted by molar-refractivity contribution is 6.02. The van der Waals surface area contributed by atoms with Crippen molar-refractivity contribution in [3.8, 4) is 0 Å². The van der Waals surface area contributed by atoms with Gasteiger partial charge in [0.15, 0.2) is 0 Å². The van der Waals surface area contributed by atoms with Crippen molar-refractivity contribution in [3.05, 3.63) is 47.5 Å². The minimum Gasteiger partial charge on any atom is -0.478 e. The Hall–Kier alpha value is -2.10. The molecule has 1 rings (SSSR count). The summed E-state index contributed by atoms with van der Waals surface area (Å²) in [7, 11) is 0. The number of hydrogen-bond acceptors (Lipinski definition) is 3. The molecule has 84 valence electrons. The van der Waals surface area contributed by atoms with E-state index in [4.69, 9.17) is 9.84 Å². The zero-order valence-corrected chi connectivity index (χ0v) is 8.84. The van der Waals surface area contributed by atoms with Crippen molar-refractivity contribution >= 4 is 11.9 Å². The highest BCUT2D eigenvalue weighted by Gasteiger charge is 2.16. The van der Waals surface area contributed by atoms with E-state index in [0.29, 0.717) is 0 Å². The van der Waals surface area contributed by atoms with Crippen molar-refractivity contribution in [2.75, 3.05) is 6.61 Å². The molecular weight excluding hydrogens is 208 g/mol. The Balaban J connectivity index is 2.86. The van der Waals surface area contributed by atoms with Crippen molar-refractivity contribution in [1.29, 1.82) is 0 Å². The third-order valence-electron chi connectivity index (χ3n) is 1.92. The van der Waals surface area contributed by atoms with E-state index in [1.54, 1.807) is 31.2 Å². The molecule has 0 spiro atoms. The first-order chi connectivity index (χ1) is 7.66. The Labute approximate surface area is 93.2 Å². The number of benzene rings is 1. The molecule has 0 radical (unpaired) electrons. The van der Waals surface area contributed by atoms with E-state index in [0.717, 1.165) is 0 Å². The zero-order valence-electron chi connectivity index (χ0n) is 8.84. The molecule has 16 heavy (non-hydrogen) atoms. The molecule has 0 aliphatic heterocycles. The molecule has 0 bridgehead atoms. The highest BCUT2D eigenvalue weighted by Crippen LogP contribution is 2.10. The molecule has 0 saturated heterocycles. The highest BCUT2D eigenvalue weighted by atomic mass is 16.5. The van der Waals surface area contributed by atoms with Gasteiger partial charge in [-0.2, -0.15) is 0 Å². The number of aromatic carboxylic acids is 1. The molecule has 0 saturated carbocycles. The quantitative estimate of drug-likeness (QED) is 0.623. The van der Waals surface area contributed by atoms with Gasteiger partial charge in [0, 0.05) is 0 Å². The fraction of sp³-hybridized carbons (Fsp3) is 0.167. The van der Waals surface area contributed by atoms with Gasteiger partial charge in [0.05, 0.1) is 11.1 Å². The molecule has 1 aromatic rings. The van der Waals surface area contributed by atoms with Gasteiger partial charge in [0.2, 0.25) is 0 Å². The lowest BCUT2D eigenvalue weighted by molar-refractivity contribution is 0.0536. The Morgan fingerprint density at radius 3 is 2.50 bits per heavy atom. The first kappa shape index (κ1) is 12.0. The van der Waals surface area contributed by atoms with Crippen LogP contribution in [0.4, 0.5) is 0 Å². The Morgan fingerprint density at radius 1 is 1.31 bits per heavy atom. The summed E-state index contributed by atoms with van der Waals surface area (Å²) in [5.74, 6) is -1.77. The lowest BCUT2D eigenvalue weighted by Gasteiger charge is -2.04. The molecule has 4 nitrogen and oxygen atoms in total. The first-order valence-corrected chi connectivity index (χ1v) is 4.77. The van der Waals surface area contributed by atoms with E-state index in [2.05, 4.69) is 0 Å². The van der Waals surface area contributed by atoms with Crippen LogP contribution in [0.1, 0.15) is 27.6 Å². The molecule has 0 aliphatic carbocycles. The van der Waals surface area contributed by atoms with E-state index < -0.39 is 11.9 Å². The van der Waals surface area contributed by atoms with E-state index in [1.807, 2.05) is 0 Å². The van der Waals surface area contributed by atoms with Crippen LogP contribution in [0.5, 0.6) is 0 Å². The topological polar surface area (TPSA) is 63.6 Å². The zero-order chi connectivity index (χ0) is 12.0. The van der Waals surface area contributed by atoms with Gasteiger partial charge in [-0.3, -0.25) is 0 Å². The molecular formula is C12H12O4. The number of allylic oxidation sites excluding steroid dienone is 1. The summed E-state index contributed by atoms with van der Waals surface area (Å²) in [6, 6.07) is 5.96. The minimum absolute atomic E-state index is 0.0482. The van der Waals surface area contributed by atoms with Crippen LogP contribution >= 0.6 is 0 Å². The third kappa shape index (κ3) is 2.95. The number of hydrogen-bond donors (Lipinski definition) is 1. The van der Waals surface area contributed by atoms with Gasteiger partial charge in [-0.05, 0) is 19.1 Å². The van der Waals surface area contributed by atoms with Crippen LogP contribution in [0, 0.1) is 0 Å². The molecule has 1 N–H and O–H groups in total. The van der Waals surface area contributed by atoms with Crippen LogP contribution in [0.2, 0.25) is 0 Å². The number of ether oxygens (including phenoxy) is 1. The molecule has 1 aromatic carbocycles. The molecule has 0 unspecified atom stereocenters. The summed E-state index contributed by atoms with van der Waals surface area (Å²) in [5, 5.41) is 8.86. The van der Waals surface area contributed by atoms with Crippen molar-refractivity contribution in [1.82, 2.24) is 0 Å². The van der Waals surface area contributed by atoms with Gasteiger partial charge in [-0.1, -0.05) is 24.3 Å². The smallest absolute Gasteiger partial charge is 0.339 e. The van der Waals surface area contributed by atoms with Crippen molar-refractivity contribution in [2.24, 2.45) is 0 Å². The predicted octanol–water partition coefficient (Wildman–Crippen LogP) is 2.12. The maximum Gasteiger partial charge on any atom is 0.339 e. The first-order valence-electron chi connectivity index (χ1n) is 4.77. The van der Waals surface area contributed by atoms with E-state index >= 15 is 0 Å². The van der Waals surface area contributed by atoms with Crippen LogP contribution in [-0.2, 0) is 4.74 Å². The molecule has 0 fully saturated rings. The molecule has 4 heteroatoms. The molecule has 0 atom stereocenters. The number of carbonyl (C=O) groups is 2. The monoisotopic (exact) mass is 220 g/mol. The van der Waals surface area contributed by atoms with E-state index in [-0.39, 0.29) is 17.7 Å². The van der Waals surface area contributed by atoms with Gasteiger partial charge < -0.3 is 9.84 Å². The second-order valence-electron chi connectivity index (χ2n) is 3.02. The van der Waals surface area contributed by atoms with Gasteiger partial charge in [0.1, 0.15) is 6.61 Å². The van der Waals surface area contributed by atoms with Crippen molar-refractivity contribution in [2.45, 2.75) is 6.92 Å². The summed E-state index contributed by atoms with van der Waals surface area (Å²) in [6.07, 6.45) is 3.41. The minimum atomic E-state index is -1.14. The van der Waals surface area contributed by atoms with Gasteiger partial charge >= 0.3 is 11.9 Å². The Bertz CT molecular complexity index is 421. The van der Waals surface area contributed by atoms with Crippen molar-refractivity contribution in [3.63, 3.8) is 0 Å². The predicted molar refractivity (Wildman–Crippen MR) is 58.5 cm³/mol. The third-order valence-corrected chi connectivity index (χ3v) is 1.92. The second kappa shape index (κ2) is 5.70. The van der Waals surface area contributed by atoms with E-state index in [9.17, 15) is 9.59 Å². The summed E-state index contributed by atoms with van der Waals surface area (Å²) < 4.78 is 4.87. The Morgan fingerprint density at radius 2 is 1.94 bits per heavy atom. The van der Waals surface area contributed by atoms with Crippen LogP contribution in [0.15, 0.2) is 36.4 Å². The maximum absolute atomic E-state index is 11.5. The maximum atomic E-state index is 11.5. The number of esters is 1. The fourth-order valence-electron chi connectivity index (χ4n) is 1.15. The van der Waals surface area contributed by atoms with Crippen LogP contribution in [0.25, 0.3) is 0 Å². The summed E-state index contributed by atoms with van der Waals surface area (Å²) in [5.41, 5.74) is 0.0208. The average Bonchev–Trinajstić information content (AvgIpc) is 2.29. The number of carbonyl (C=O) groups excluding carboxylic acids is 1. The van der Waals surface area contributed by atoms with Gasteiger partial charge in [-0.25, -0.2) is 9.59 Å². The SMILES string of the molecule is CC=CCOC(=O)c1ccccc1C(=O)O. The lowest BCUT2D eigenvalue weighted by Crippen LogP contribution is -2.11. The molecule has 0 aromatic heterocycles. The van der Waals surface area contributed by atoms with Gasteiger partial charge in [0.25, 0.3) is 0 Å². The number of carboxylic acids is 1. The standard InChI is InChI=1S/C12H12O4/c1-2-3-8-16-12(15)10-7-5-4-6-9(10)11(13)14/h2-7H,8H2,1H3,(H,13,14). The average molecular weight is 220 g/mol. The molecule has 0 aliphatic rings. The van der Waals surface area contributed by atoms with Crippen LogP contribution in [0.3, 0.4) is 0 Å². The van der Waals surface area contributed by atoms with Gasteiger partial charge in [-0.15, -0.1) is 0 Å². The van der Waals surface area contributed by atoms with Crippen LogP contribution < -0.4 is 0 Å². The van der Waals surface area contributed by atoms with Crippen molar-refractivity contribution < 1.29 is 19.4 Å². The van der Waals surface area contributed by atoms with E-state index in [1.165, 1.54) is 12.1 Å². The lowest BCUT2D eigenvalue weighted by atomic mass is 10.1. The fourth-order valence-corrected chi connectivity index (χ4v) is 1.15. The molecule has 0 heterocycles.